The van der Waals surface area contributed by atoms with Gasteiger partial charge >= 0.3 is 5.97 Å². The molecule has 1 heterocycles. The Labute approximate surface area is 108 Å². The number of nitrogens with zero attached hydrogens (tertiary/aromatic N) is 1. The third-order valence-corrected chi connectivity index (χ3v) is 3.10. The van der Waals surface area contributed by atoms with E-state index in [4.69, 9.17) is 5.11 Å². The zero-order valence-electron chi connectivity index (χ0n) is 9.71. The number of carboxylic acids is 1. The molecule has 17 heavy (non-hydrogen) atoms. The van der Waals surface area contributed by atoms with Crippen molar-refractivity contribution in [1.29, 1.82) is 0 Å². The minimum atomic E-state index is -0.655. The van der Waals surface area contributed by atoms with Gasteiger partial charge in [-0.3, -0.25) is 9.69 Å². The van der Waals surface area contributed by atoms with E-state index in [0.29, 0.717) is 6.54 Å². The van der Waals surface area contributed by atoms with E-state index in [9.17, 15) is 4.79 Å². The minimum absolute atomic E-state index is 0. The second-order valence-corrected chi connectivity index (χ2v) is 4.40. The summed E-state index contributed by atoms with van der Waals surface area (Å²) < 4.78 is 0. The predicted molar refractivity (Wildman–Crippen MR) is 69.3 cm³/mol. The van der Waals surface area contributed by atoms with Crippen LogP contribution in [-0.4, -0.2) is 29.1 Å². The molecule has 4 heteroatoms. The number of halogens is 1. The second kappa shape index (κ2) is 6.62. The molecule has 0 bridgehead atoms. The van der Waals surface area contributed by atoms with Crippen molar-refractivity contribution in [2.75, 3.05) is 13.1 Å². The van der Waals surface area contributed by atoms with E-state index in [-0.39, 0.29) is 18.3 Å². The maximum Gasteiger partial charge on any atom is 0.307 e. The Kier molecular flexibility index (Phi) is 5.45. The standard InChI is InChI=1S/C13H17NO2.ClH/c15-13(16)12-7-4-8-14(10-12)9-11-5-2-1-3-6-11;/h1-3,5-6,12H,4,7-10H2,(H,15,16);1H. The summed E-state index contributed by atoms with van der Waals surface area (Å²) in [6, 6.07) is 10.2. The molecule has 0 amide bonds. The number of hydrogen-bond donors (Lipinski definition) is 1. The van der Waals surface area contributed by atoms with Crippen LogP contribution >= 0.6 is 12.4 Å². The number of likely N-dealkylation sites (tertiary alicyclic amines) is 1. The third-order valence-electron chi connectivity index (χ3n) is 3.10. The Hall–Kier alpha value is -1.06. The molecule has 1 atom stereocenters. The van der Waals surface area contributed by atoms with Crippen molar-refractivity contribution in [1.82, 2.24) is 4.90 Å². The second-order valence-electron chi connectivity index (χ2n) is 4.40. The van der Waals surface area contributed by atoms with Gasteiger partial charge in [-0.1, -0.05) is 30.3 Å². The Morgan fingerprint density at radius 2 is 2.06 bits per heavy atom. The zero-order chi connectivity index (χ0) is 11.4. The Morgan fingerprint density at radius 1 is 1.35 bits per heavy atom. The Morgan fingerprint density at radius 3 is 2.71 bits per heavy atom. The number of benzene rings is 1. The molecule has 1 N–H and O–H groups in total. The van der Waals surface area contributed by atoms with Crippen LogP contribution in [0.2, 0.25) is 0 Å². The van der Waals surface area contributed by atoms with Crippen LogP contribution in [0, 0.1) is 5.92 Å². The third kappa shape index (κ3) is 4.02. The van der Waals surface area contributed by atoms with E-state index in [1.807, 2.05) is 18.2 Å². The van der Waals surface area contributed by atoms with Crippen LogP contribution in [0.15, 0.2) is 30.3 Å². The maximum absolute atomic E-state index is 10.9. The number of aliphatic carboxylic acids is 1. The fraction of sp³-hybridized carbons (Fsp3) is 0.462. The molecule has 0 radical (unpaired) electrons. The van der Waals surface area contributed by atoms with Gasteiger partial charge in [0.1, 0.15) is 0 Å². The first kappa shape index (κ1) is 14.0. The van der Waals surface area contributed by atoms with Gasteiger partial charge in [0.2, 0.25) is 0 Å². The van der Waals surface area contributed by atoms with Crippen LogP contribution in [0.4, 0.5) is 0 Å². The van der Waals surface area contributed by atoms with Crippen molar-refractivity contribution in [2.45, 2.75) is 19.4 Å². The highest BCUT2D eigenvalue weighted by Crippen LogP contribution is 2.18. The topological polar surface area (TPSA) is 40.5 Å². The van der Waals surface area contributed by atoms with Gasteiger partial charge in [-0.05, 0) is 24.9 Å². The fourth-order valence-electron chi connectivity index (χ4n) is 2.24. The highest BCUT2D eigenvalue weighted by Gasteiger charge is 2.24. The first-order valence-electron chi connectivity index (χ1n) is 5.75. The number of carbonyl (C=O) groups is 1. The molecule has 1 fully saturated rings. The van der Waals surface area contributed by atoms with Crippen LogP contribution in [0.5, 0.6) is 0 Å². The Balaban J connectivity index is 0.00000144. The average Bonchev–Trinajstić information content (AvgIpc) is 2.30. The smallest absolute Gasteiger partial charge is 0.307 e. The normalized spacial score (nSPS) is 20.6. The van der Waals surface area contributed by atoms with Crippen LogP contribution in [0.3, 0.4) is 0 Å². The summed E-state index contributed by atoms with van der Waals surface area (Å²) in [4.78, 5) is 13.2. The maximum atomic E-state index is 10.9. The summed E-state index contributed by atoms with van der Waals surface area (Å²) in [7, 11) is 0. The van der Waals surface area contributed by atoms with Gasteiger partial charge in [0.15, 0.2) is 0 Å². The first-order chi connectivity index (χ1) is 7.75. The van der Waals surface area contributed by atoms with E-state index in [1.165, 1.54) is 5.56 Å². The monoisotopic (exact) mass is 255 g/mol. The molecule has 0 aromatic heterocycles. The Bertz CT molecular complexity index is 356. The highest BCUT2D eigenvalue weighted by atomic mass is 35.5. The lowest BCUT2D eigenvalue weighted by Gasteiger charge is -2.30. The lowest BCUT2D eigenvalue weighted by Crippen LogP contribution is -2.38. The zero-order valence-corrected chi connectivity index (χ0v) is 10.5. The summed E-state index contributed by atoms with van der Waals surface area (Å²) in [6.07, 6.45) is 1.81. The van der Waals surface area contributed by atoms with E-state index < -0.39 is 5.97 Å². The van der Waals surface area contributed by atoms with Crippen molar-refractivity contribution in [3.8, 4) is 0 Å². The SMILES string of the molecule is Cl.O=C(O)C1CCCN(Cc2ccccc2)C1. The van der Waals surface area contributed by atoms with E-state index in [0.717, 1.165) is 25.9 Å². The summed E-state index contributed by atoms with van der Waals surface area (Å²) in [5.74, 6) is -0.838. The van der Waals surface area contributed by atoms with E-state index in [1.54, 1.807) is 0 Å². The van der Waals surface area contributed by atoms with Crippen LogP contribution in [-0.2, 0) is 11.3 Å². The largest absolute Gasteiger partial charge is 0.481 e. The summed E-state index contributed by atoms with van der Waals surface area (Å²) in [5, 5.41) is 9.00. The summed E-state index contributed by atoms with van der Waals surface area (Å²) in [5.41, 5.74) is 1.26. The highest BCUT2D eigenvalue weighted by molar-refractivity contribution is 5.85. The van der Waals surface area contributed by atoms with Crippen molar-refractivity contribution in [3.63, 3.8) is 0 Å². The molecule has 2 rings (SSSR count). The van der Waals surface area contributed by atoms with Gasteiger partial charge in [-0.15, -0.1) is 12.4 Å². The van der Waals surface area contributed by atoms with Gasteiger partial charge in [-0.2, -0.15) is 0 Å². The molecule has 94 valence electrons. The fourth-order valence-corrected chi connectivity index (χ4v) is 2.24. The molecule has 1 unspecified atom stereocenters. The molecule has 1 aromatic carbocycles. The first-order valence-corrected chi connectivity index (χ1v) is 5.75. The van der Waals surface area contributed by atoms with Crippen molar-refractivity contribution in [3.05, 3.63) is 35.9 Å². The molecular formula is C13H18ClNO2. The van der Waals surface area contributed by atoms with Gasteiger partial charge in [0.25, 0.3) is 0 Å². The molecule has 0 aliphatic carbocycles. The number of piperidine rings is 1. The predicted octanol–water partition coefficient (Wildman–Crippen LogP) is 2.41. The number of hydrogen-bond acceptors (Lipinski definition) is 2. The number of rotatable bonds is 3. The lowest BCUT2D eigenvalue weighted by molar-refractivity contribution is -0.143. The molecule has 3 nitrogen and oxygen atoms in total. The van der Waals surface area contributed by atoms with Gasteiger partial charge in [-0.25, -0.2) is 0 Å². The van der Waals surface area contributed by atoms with E-state index >= 15 is 0 Å². The summed E-state index contributed by atoms with van der Waals surface area (Å²) >= 11 is 0. The van der Waals surface area contributed by atoms with Crippen molar-refractivity contribution in [2.24, 2.45) is 5.92 Å². The summed E-state index contributed by atoms with van der Waals surface area (Å²) in [6.45, 7) is 2.56. The molecule has 1 saturated heterocycles. The number of carboxylic acid groups (broad SMARTS) is 1. The molecule has 1 aromatic rings. The van der Waals surface area contributed by atoms with Crippen molar-refractivity contribution < 1.29 is 9.90 Å². The molecular weight excluding hydrogens is 238 g/mol. The molecule has 0 spiro atoms. The minimum Gasteiger partial charge on any atom is -0.481 e. The average molecular weight is 256 g/mol. The molecule has 0 saturated carbocycles. The lowest BCUT2D eigenvalue weighted by atomic mass is 9.98. The quantitative estimate of drug-likeness (QED) is 0.902. The molecule has 1 aliphatic heterocycles. The van der Waals surface area contributed by atoms with Crippen LogP contribution in [0.1, 0.15) is 18.4 Å². The van der Waals surface area contributed by atoms with Crippen molar-refractivity contribution >= 4 is 18.4 Å². The van der Waals surface area contributed by atoms with Crippen LogP contribution < -0.4 is 0 Å². The van der Waals surface area contributed by atoms with Gasteiger partial charge in [0.05, 0.1) is 5.92 Å². The van der Waals surface area contributed by atoms with Crippen LogP contribution in [0.25, 0.3) is 0 Å². The van der Waals surface area contributed by atoms with E-state index in [2.05, 4.69) is 17.0 Å². The van der Waals surface area contributed by atoms with Gasteiger partial charge in [0, 0.05) is 13.1 Å². The molecule has 1 aliphatic rings. The van der Waals surface area contributed by atoms with Gasteiger partial charge < -0.3 is 5.11 Å².